The molecule has 0 heterocycles. The molecule has 86 valence electrons. The van der Waals surface area contributed by atoms with Crippen molar-refractivity contribution in [1.29, 1.82) is 10.5 Å². The van der Waals surface area contributed by atoms with Gasteiger partial charge in [-0.05, 0) is 12.8 Å². The van der Waals surface area contributed by atoms with Gasteiger partial charge in [0.1, 0.15) is 0 Å². The van der Waals surface area contributed by atoms with Gasteiger partial charge in [-0.15, -0.1) is 0 Å². The standard InChI is InChI=1S/C11H16N4O/c12-5-1-7-15(8-2-6-13)11(16)9-14-10-3-4-10/h10,14H,1-4,7-9H2. The monoisotopic (exact) mass is 220 g/mol. The van der Waals surface area contributed by atoms with Crippen LogP contribution in [-0.2, 0) is 4.79 Å². The van der Waals surface area contributed by atoms with E-state index in [4.69, 9.17) is 10.5 Å². The van der Waals surface area contributed by atoms with Crippen molar-refractivity contribution in [1.82, 2.24) is 10.2 Å². The van der Waals surface area contributed by atoms with Gasteiger partial charge in [0.05, 0.1) is 31.5 Å². The van der Waals surface area contributed by atoms with Gasteiger partial charge in [-0.25, -0.2) is 0 Å². The molecule has 1 amide bonds. The van der Waals surface area contributed by atoms with E-state index in [1.54, 1.807) is 4.90 Å². The van der Waals surface area contributed by atoms with E-state index in [1.807, 2.05) is 12.1 Å². The Balaban J connectivity index is 2.29. The van der Waals surface area contributed by atoms with Crippen LogP contribution in [0, 0.1) is 22.7 Å². The summed E-state index contributed by atoms with van der Waals surface area (Å²) in [4.78, 5) is 13.3. The lowest BCUT2D eigenvalue weighted by Crippen LogP contribution is -2.39. The van der Waals surface area contributed by atoms with Gasteiger partial charge < -0.3 is 10.2 Å². The molecule has 0 unspecified atom stereocenters. The van der Waals surface area contributed by atoms with Crippen LogP contribution in [0.15, 0.2) is 0 Å². The Labute approximate surface area is 95.6 Å². The zero-order valence-electron chi connectivity index (χ0n) is 9.28. The van der Waals surface area contributed by atoms with E-state index in [1.165, 1.54) is 0 Å². The molecule has 16 heavy (non-hydrogen) atoms. The molecule has 0 atom stereocenters. The molecule has 5 nitrogen and oxygen atoms in total. The van der Waals surface area contributed by atoms with Crippen LogP contribution in [0.1, 0.15) is 25.7 Å². The molecule has 1 fully saturated rings. The number of nitrogens with one attached hydrogen (secondary N) is 1. The van der Waals surface area contributed by atoms with Crippen molar-refractivity contribution in [3.05, 3.63) is 0 Å². The fraction of sp³-hybridized carbons (Fsp3) is 0.727. The highest BCUT2D eigenvalue weighted by Crippen LogP contribution is 2.18. The average Bonchev–Trinajstić information content (AvgIpc) is 3.10. The molecule has 1 aliphatic rings. The summed E-state index contributed by atoms with van der Waals surface area (Å²) in [6.45, 7) is 1.16. The number of hydrogen-bond donors (Lipinski definition) is 1. The van der Waals surface area contributed by atoms with Crippen LogP contribution in [0.5, 0.6) is 0 Å². The van der Waals surface area contributed by atoms with E-state index < -0.39 is 0 Å². The van der Waals surface area contributed by atoms with Gasteiger partial charge >= 0.3 is 0 Å². The summed E-state index contributed by atoms with van der Waals surface area (Å²) in [5, 5.41) is 20.1. The minimum absolute atomic E-state index is 0.0163. The van der Waals surface area contributed by atoms with Crippen LogP contribution in [0.3, 0.4) is 0 Å². The van der Waals surface area contributed by atoms with Crippen molar-refractivity contribution < 1.29 is 4.79 Å². The van der Waals surface area contributed by atoms with Gasteiger partial charge in [-0.1, -0.05) is 0 Å². The summed E-state index contributed by atoms with van der Waals surface area (Å²) < 4.78 is 0. The van der Waals surface area contributed by atoms with E-state index in [2.05, 4.69) is 5.32 Å². The molecule has 0 spiro atoms. The summed E-state index contributed by atoms with van der Waals surface area (Å²) >= 11 is 0. The van der Waals surface area contributed by atoms with Crippen molar-refractivity contribution in [2.24, 2.45) is 0 Å². The summed E-state index contributed by atoms with van der Waals surface area (Å²) in [6.07, 6.45) is 2.93. The predicted octanol–water partition coefficient (Wildman–Crippen LogP) is 0.394. The van der Waals surface area contributed by atoms with Gasteiger partial charge in [0.25, 0.3) is 0 Å². The molecule has 0 aromatic heterocycles. The highest BCUT2D eigenvalue weighted by molar-refractivity contribution is 5.78. The Morgan fingerprint density at radius 2 is 1.81 bits per heavy atom. The maximum absolute atomic E-state index is 11.7. The number of rotatable bonds is 7. The Bertz CT molecular complexity index is 293. The molecule has 0 bridgehead atoms. The largest absolute Gasteiger partial charge is 0.340 e. The van der Waals surface area contributed by atoms with E-state index in [0.717, 1.165) is 12.8 Å². The van der Waals surface area contributed by atoms with E-state index in [9.17, 15) is 4.79 Å². The van der Waals surface area contributed by atoms with Crippen LogP contribution in [0.2, 0.25) is 0 Å². The number of hydrogen-bond acceptors (Lipinski definition) is 4. The van der Waals surface area contributed by atoms with Gasteiger partial charge in [-0.2, -0.15) is 10.5 Å². The molecule has 1 rings (SSSR count). The molecule has 0 aliphatic heterocycles. The second-order valence-corrected chi connectivity index (χ2v) is 3.85. The van der Waals surface area contributed by atoms with Crippen molar-refractivity contribution in [3.8, 4) is 12.1 Å². The number of nitriles is 2. The van der Waals surface area contributed by atoms with Crippen molar-refractivity contribution in [3.63, 3.8) is 0 Å². The molecule has 0 radical (unpaired) electrons. The summed E-state index contributed by atoms with van der Waals surface area (Å²) in [5.74, 6) is -0.0163. The Hall–Kier alpha value is -1.59. The zero-order valence-corrected chi connectivity index (χ0v) is 9.28. The molecule has 0 aromatic carbocycles. The molecule has 1 saturated carbocycles. The second kappa shape index (κ2) is 6.81. The van der Waals surface area contributed by atoms with Crippen LogP contribution in [-0.4, -0.2) is 36.5 Å². The Morgan fingerprint density at radius 3 is 2.25 bits per heavy atom. The fourth-order valence-electron chi connectivity index (χ4n) is 1.36. The third-order valence-corrected chi connectivity index (χ3v) is 2.46. The lowest BCUT2D eigenvalue weighted by Gasteiger charge is -2.20. The predicted molar refractivity (Wildman–Crippen MR) is 58.1 cm³/mol. The molecular weight excluding hydrogens is 204 g/mol. The normalized spacial score (nSPS) is 13.9. The number of carbonyl (C=O) groups is 1. The number of amides is 1. The second-order valence-electron chi connectivity index (χ2n) is 3.85. The minimum Gasteiger partial charge on any atom is -0.340 e. The number of carbonyl (C=O) groups excluding carboxylic acids is 1. The van der Waals surface area contributed by atoms with Crippen LogP contribution < -0.4 is 5.32 Å². The van der Waals surface area contributed by atoms with E-state index in [0.29, 0.717) is 38.5 Å². The van der Waals surface area contributed by atoms with E-state index >= 15 is 0 Å². The SMILES string of the molecule is N#CCCN(CCC#N)C(=O)CNC1CC1. The first-order valence-electron chi connectivity index (χ1n) is 5.53. The van der Waals surface area contributed by atoms with Crippen LogP contribution >= 0.6 is 0 Å². The lowest BCUT2D eigenvalue weighted by atomic mass is 10.3. The molecule has 1 N–H and O–H groups in total. The first-order chi connectivity index (χ1) is 7.77. The van der Waals surface area contributed by atoms with Crippen molar-refractivity contribution in [2.45, 2.75) is 31.7 Å². The van der Waals surface area contributed by atoms with Gasteiger partial charge in [0, 0.05) is 19.1 Å². The number of nitrogens with zero attached hydrogens (tertiary/aromatic N) is 3. The molecule has 0 saturated heterocycles. The zero-order chi connectivity index (χ0) is 11.8. The first kappa shape index (κ1) is 12.5. The van der Waals surface area contributed by atoms with Crippen LogP contribution in [0.25, 0.3) is 0 Å². The van der Waals surface area contributed by atoms with Gasteiger partial charge in [-0.3, -0.25) is 4.79 Å². The first-order valence-corrected chi connectivity index (χ1v) is 5.53. The van der Waals surface area contributed by atoms with E-state index in [-0.39, 0.29) is 5.91 Å². The summed E-state index contributed by atoms with van der Waals surface area (Å²) in [5.41, 5.74) is 0. The van der Waals surface area contributed by atoms with Gasteiger partial charge in [0.15, 0.2) is 0 Å². The smallest absolute Gasteiger partial charge is 0.236 e. The highest BCUT2D eigenvalue weighted by atomic mass is 16.2. The van der Waals surface area contributed by atoms with Crippen LogP contribution in [0.4, 0.5) is 0 Å². The Morgan fingerprint density at radius 1 is 1.25 bits per heavy atom. The summed E-state index contributed by atoms with van der Waals surface area (Å²) in [7, 11) is 0. The quantitative estimate of drug-likeness (QED) is 0.673. The minimum atomic E-state index is -0.0163. The topological polar surface area (TPSA) is 79.9 Å². The maximum atomic E-state index is 11.7. The van der Waals surface area contributed by atoms with Crippen molar-refractivity contribution >= 4 is 5.91 Å². The van der Waals surface area contributed by atoms with Crippen molar-refractivity contribution in [2.75, 3.05) is 19.6 Å². The highest BCUT2D eigenvalue weighted by Gasteiger charge is 2.22. The molecule has 0 aromatic rings. The lowest BCUT2D eigenvalue weighted by molar-refractivity contribution is -0.130. The fourth-order valence-corrected chi connectivity index (χ4v) is 1.36. The molecule has 1 aliphatic carbocycles. The van der Waals surface area contributed by atoms with Gasteiger partial charge in [0.2, 0.25) is 5.91 Å². The maximum Gasteiger partial charge on any atom is 0.236 e. The average molecular weight is 220 g/mol. The third-order valence-electron chi connectivity index (χ3n) is 2.46. The molecular formula is C11H16N4O. The third kappa shape index (κ3) is 4.77. The molecule has 5 heteroatoms. The Kier molecular flexibility index (Phi) is 5.31. The summed E-state index contributed by atoms with van der Waals surface area (Å²) in [6, 6.07) is 4.52.